The van der Waals surface area contributed by atoms with E-state index in [1.54, 1.807) is 30.1 Å². The van der Waals surface area contributed by atoms with Crippen LogP contribution >= 0.6 is 11.8 Å². The zero-order valence-corrected chi connectivity index (χ0v) is 12.0. The van der Waals surface area contributed by atoms with Crippen molar-refractivity contribution < 1.29 is 4.79 Å². The highest BCUT2D eigenvalue weighted by molar-refractivity contribution is 7.99. The molecule has 0 saturated carbocycles. The number of carbonyl (C=O) groups excluding carboxylic acids is 1. The molecule has 0 aliphatic rings. The van der Waals surface area contributed by atoms with Gasteiger partial charge in [-0.25, -0.2) is 0 Å². The van der Waals surface area contributed by atoms with E-state index in [-0.39, 0.29) is 17.8 Å². The minimum Gasteiger partial charge on any atom is -0.329 e. The summed E-state index contributed by atoms with van der Waals surface area (Å²) in [6.45, 7) is 0. The molecule has 4 heteroatoms. The van der Waals surface area contributed by atoms with Crippen molar-refractivity contribution in [2.75, 3.05) is 5.75 Å². The van der Waals surface area contributed by atoms with Crippen LogP contribution in [0.4, 0.5) is 0 Å². The quantitative estimate of drug-likeness (QED) is 0.629. The van der Waals surface area contributed by atoms with Gasteiger partial charge in [-0.15, -0.1) is 11.8 Å². The number of aromatic amines is 1. The minimum atomic E-state index is -0.167. The Kier molecular flexibility index (Phi) is 5.62. The predicted octanol–water partition coefficient (Wildman–Crippen LogP) is 3.06. The third-order valence-electron chi connectivity index (χ3n) is 2.90. The fourth-order valence-corrected chi connectivity index (χ4v) is 2.75. The smallest absolute Gasteiger partial charge is 0.251 e. The zero-order chi connectivity index (χ0) is 14.2. The Morgan fingerprint density at radius 2 is 1.90 bits per heavy atom. The number of hydrogen-bond acceptors (Lipinski definition) is 3. The molecule has 0 spiro atoms. The summed E-state index contributed by atoms with van der Waals surface area (Å²) in [4.78, 5) is 27.1. The van der Waals surface area contributed by atoms with Crippen molar-refractivity contribution in [3.8, 4) is 0 Å². The molecule has 104 valence electrons. The maximum atomic E-state index is 11.8. The first-order chi connectivity index (χ1) is 9.75. The van der Waals surface area contributed by atoms with E-state index in [1.807, 2.05) is 18.2 Å². The van der Waals surface area contributed by atoms with Crippen molar-refractivity contribution in [1.29, 1.82) is 0 Å². The number of Topliss-reactive ketones (excluding diaryl/α,β-unsaturated/α-hetero) is 1. The molecule has 20 heavy (non-hydrogen) atoms. The fraction of sp³-hybridized carbons (Fsp3) is 0.250. The topological polar surface area (TPSA) is 49.9 Å². The van der Waals surface area contributed by atoms with Gasteiger partial charge < -0.3 is 4.98 Å². The van der Waals surface area contributed by atoms with Gasteiger partial charge in [-0.05, 0) is 30.4 Å². The number of carbonyl (C=O) groups is 1. The number of pyridine rings is 1. The Hall–Kier alpha value is -1.81. The second kappa shape index (κ2) is 7.70. The van der Waals surface area contributed by atoms with Gasteiger partial charge in [-0.1, -0.05) is 24.3 Å². The highest BCUT2D eigenvalue weighted by Gasteiger charge is 2.06. The lowest BCUT2D eigenvalue weighted by molar-refractivity contribution is -0.118. The fourth-order valence-electron chi connectivity index (χ4n) is 1.87. The number of aromatic nitrogens is 1. The SMILES string of the molecule is O=C(CCCSc1ccccc1)Cc1ccc[nH]c1=O. The van der Waals surface area contributed by atoms with Crippen molar-refractivity contribution in [3.05, 3.63) is 64.6 Å². The van der Waals surface area contributed by atoms with Crippen molar-refractivity contribution in [2.45, 2.75) is 24.2 Å². The summed E-state index contributed by atoms with van der Waals surface area (Å²) in [5.41, 5.74) is 0.382. The van der Waals surface area contributed by atoms with Crippen LogP contribution in [0, 0.1) is 0 Å². The lowest BCUT2D eigenvalue weighted by atomic mass is 10.1. The van der Waals surface area contributed by atoms with E-state index in [4.69, 9.17) is 0 Å². The molecule has 0 atom stereocenters. The van der Waals surface area contributed by atoms with Gasteiger partial charge in [-0.2, -0.15) is 0 Å². The second-order valence-electron chi connectivity index (χ2n) is 4.51. The maximum absolute atomic E-state index is 11.8. The first kappa shape index (κ1) is 14.6. The second-order valence-corrected chi connectivity index (χ2v) is 5.67. The molecular formula is C16H17NO2S. The van der Waals surface area contributed by atoms with Crippen LogP contribution in [0.25, 0.3) is 0 Å². The summed E-state index contributed by atoms with van der Waals surface area (Å²) < 4.78 is 0. The lowest BCUT2D eigenvalue weighted by Crippen LogP contribution is -2.15. The van der Waals surface area contributed by atoms with E-state index >= 15 is 0 Å². The van der Waals surface area contributed by atoms with Crippen LogP contribution in [-0.4, -0.2) is 16.5 Å². The molecule has 3 nitrogen and oxygen atoms in total. The highest BCUT2D eigenvalue weighted by atomic mass is 32.2. The largest absolute Gasteiger partial charge is 0.329 e. The number of nitrogens with one attached hydrogen (secondary N) is 1. The normalized spacial score (nSPS) is 10.4. The number of hydrogen-bond donors (Lipinski definition) is 1. The third-order valence-corrected chi connectivity index (χ3v) is 4.00. The number of benzene rings is 1. The van der Waals surface area contributed by atoms with Crippen molar-refractivity contribution in [2.24, 2.45) is 0 Å². The summed E-state index contributed by atoms with van der Waals surface area (Å²) in [7, 11) is 0. The molecule has 0 fully saturated rings. The van der Waals surface area contributed by atoms with E-state index in [2.05, 4.69) is 17.1 Å². The Morgan fingerprint density at radius 1 is 1.10 bits per heavy atom. The average molecular weight is 287 g/mol. The van der Waals surface area contributed by atoms with Crippen LogP contribution in [0.2, 0.25) is 0 Å². The average Bonchev–Trinajstić information content (AvgIpc) is 2.47. The number of thioether (sulfide) groups is 1. The van der Waals surface area contributed by atoms with Crippen LogP contribution in [0.3, 0.4) is 0 Å². The lowest BCUT2D eigenvalue weighted by Gasteiger charge is -2.02. The Labute approximate surface area is 122 Å². The van der Waals surface area contributed by atoms with Gasteiger partial charge in [0.15, 0.2) is 0 Å². The summed E-state index contributed by atoms with van der Waals surface area (Å²) in [5, 5.41) is 0. The summed E-state index contributed by atoms with van der Waals surface area (Å²) in [5.74, 6) is 1.04. The molecule has 0 amide bonds. The van der Waals surface area contributed by atoms with Crippen LogP contribution in [0.5, 0.6) is 0 Å². The molecule has 0 saturated heterocycles. The van der Waals surface area contributed by atoms with Gasteiger partial charge in [0.1, 0.15) is 5.78 Å². The van der Waals surface area contributed by atoms with Gasteiger partial charge >= 0.3 is 0 Å². The van der Waals surface area contributed by atoms with E-state index in [9.17, 15) is 9.59 Å². The van der Waals surface area contributed by atoms with Crippen LogP contribution in [-0.2, 0) is 11.2 Å². The van der Waals surface area contributed by atoms with E-state index in [0.717, 1.165) is 12.2 Å². The molecule has 0 aliphatic carbocycles. The van der Waals surface area contributed by atoms with Gasteiger partial charge in [0.2, 0.25) is 0 Å². The van der Waals surface area contributed by atoms with E-state index < -0.39 is 0 Å². The maximum Gasteiger partial charge on any atom is 0.251 e. The van der Waals surface area contributed by atoms with Crippen LogP contribution in [0.1, 0.15) is 18.4 Å². The molecule has 0 radical (unpaired) electrons. The molecular weight excluding hydrogens is 270 g/mol. The number of ketones is 1. The predicted molar refractivity (Wildman–Crippen MR) is 82.2 cm³/mol. The Morgan fingerprint density at radius 3 is 2.65 bits per heavy atom. The Bertz CT molecular complexity index is 607. The summed E-state index contributed by atoms with van der Waals surface area (Å²) in [6, 6.07) is 13.6. The van der Waals surface area contributed by atoms with Gasteiger partial charge in [0.05, 0.1) is 0 Å². The molecule has 1 aromatic heterocycles. The van der Waals surface area contributed by atoms with Crippen LogP contribution < -0.4 is 5.56 Å². The molecule has 2 aromatic rings. The first-order valence-corrected chi connectivity index (χ1v) is 7.60. The molecule has 1 aromatic carbocycles. The first-order valence-electron chi connectivity index (χ1n) is 6.62. The molecule has 2 rings (SSSR count). The molecule has 0 aliphatic heterocycles. The minimum absolute atomic E-state index is 0.121. The third kappa shape index (κ3) is 4.70. The molecule has 1 N–H and O–H groups in total. The summed E-state index contributed by atoms with van der Waals surface area (Å²) >= 11 is 1.75. The van der Waals surface area contributed by atoms with Gasteiger partial charge in [0, 0.05) is 29.5 Å². The van der Waals surface area contributed by atoms with Gasteiger partial charge in [0.25, 0.3) is 5.56 Å². The van der Waals surface area contributed by atoms with Crippen molar-refractivity contribution >= 4 is 17.5 Å². The van der Waals surface area contributed by atoms with Gasteiger partial charge in [-0.3, -0.25) is 9.59 Å². The van der Waals surface area contributed by atoms with Crippen LogP contribution in [0.15, 0.2) is 58.4 Å². The number of rotatable bonds is 7. The molecule has 0 unspecified atom stereocenters. The van der Waals surface area contributed by atoms with Crippen molar-refractivity contribution in [3.63, 3.8) is 0 Å². The monoisotopic (exact) mass is 287 g/mol. The number of H-pyrrole nitrogens is 1. The molecule has 0 bridgehead atoms. The molecule has 1 heterocycles. The highest BCUT2D eigenvalue weighted by Crippen LogP contribution is 2.18. The summed E-state index contributed by atoms with van der Waals surface area (Å²) in [6.07, 6.45) is 3.16. The van der Waals surface area contributed by atoms with E-state index in [0.29, 0.717) is 12.0 Å². The zero-order valence-electron chi connectivity index (χ0n) is 11.2. The van der Waals surface area contributed by atoms with E-state index in [1.165, 1.54) is 4.90 Å². The van der Waals surface area contributed by atoms with Crippen molar-refractivity contribution in [1.82, 2.24) is 4.98 Å². The standard InChI is InChI=1S/C16H17NO2S/c18-14(12-13-6-4-10-17-16(13)19)7-5-11-20-15-8-2-1-3-9-15/h1-4,6,8-10H,5,7,11-12H2,(H,17,19). The Balaban J connectivity index is 1.71.